The number of rotatable bonds is 4. The normalized spacial score (nSPS) is 17.8. The van der Waals surface area contributed by atoms with E-state index in [0.29, 0.717) is 12.9 Å². The average molecular weight is 314 g/mol. The van der Waals surface area contributed by atoms with Crippen molar-refractivity contribution < 1.29 is 14.4 Å². The molecule has 5 heteroatoms. The van der Waals surface area contributed by atoms with E-state index in [-0.39, 0.29) is 5.92 Å². The predicted molar refractivity (Wildman–Crippen MR) is 91.7 cm³/mol. The molecule has 1 heterocycles. The molecule has 0 spiro atoms. The zero-order valence-corrected chi connectivity index (χ0v) is 13.6. The minimum absolute atomic E-state index is 0.266. The number of hydrogen-bond donors (Lipinski definition) is 1. The zero-order valence-electron chi connectivity index (χ0n) is 12.8. The summed E-state index contributed by atoms with van der Waals surface area (Å²) in [6, 6.07) is 14.7. The summed E-state index contributed by atoms with van der Waals surface area (Å²) >= 11 is 1.68. The summed E-state index contributed by atoms with van der Waals surface area (Å²) < 4.78 is 10.7. The van der Waals surface area contributed by atoms with E-state index < -0.39 is 7.12 Å². The standard InChI is InChI=1S/C17H19BO3S/c1-20-16-9-14(6-7-17(16)22-2)12-4-3-5-13(8-12)15-10-18(19)21-11-15/h3-9,15,19H,10-11H2,1-2H3/t15-/m1/s1. The number of methoxy groups -OCH3 is 1. The molecule has 1 fully saturated rings. The van der Waals surface area contributed by atoms with Gasteiger partial charge in [-0.25, -0.2) is 0 Å². The number of thioether (sulfide) groups is 1. The van der Waals surface area contributed by atoms with Gasteiger partial charge >= 0.3 is 7.12 Å². The van der Waals surface area contributed by atoms with Crippen molar-refractivity contribution in [2.75, 3.05) is 20.0 Å². The first-order chi connectivity index (χ1) is 10.7. The van der Waals surface area contributed by atoms with Crippen LogP contribution in [0.3, 0.4) is 0 Å². The Morgan fingerprint density at radius 1 is 1.23 bits per heavy atom. The Balaban J connectivity index is 1.92. The Labute approximate surface area is 135 Å². The molecule has 0 aliphatic carbocycles. The van der Waals surface area contributed by atoms with Gasteiger partial charge in [-0.3, -0.25) is 0 Å². The fourth-order valence-electron chi connectivity index (χ4n) is 2.83. The second-order valence-electron chi connectivity index (χ2n) is 5.42. The van der Waals surface area contributed by atoms with Gasteiger partial charge in [0.05, 0.1) is 7.11 Å². The lowest BCUT2D eigenvalue weighted by molar-refractivity contribution is 0.292. The van der Waals surface area contributed by atoms with Crippen molar-refractivity contribution in [1.29, 1.82) is 0 Å². The van der Waals surface area contributed by atoms with Gasteiger partial charge in [0.25, 0.3) is 0 Å². The molecule has 2 aromatic rings. The van der Waals surface area contributed by atoms with Gasteiger partial charge in [0, 0.05) is 17.4 Å². The molecule has 0 aromatic heterocycles. The van der Waals surface area contributed by atoms with Crippen LogP contribution >= 0.6 is 11.8 Å². The lowest BCUT2D eigenvalue weighted by Crippen LogP contribution is -2.07. The first kappa shape index (κ1) is 15.5. The highest BCUT2D eigenvalue weighted by molar-refractivity contribution is 7.98. The van der Waals surface area contributed by atoms with Crippen LogP contribution in [0.15, 0.2) is 47.4 Å². The van der Waals surface area contributed by atoms with E-state index in [4.69, 9.17) is 9.39 Å². The molecule has 3 nitrogen and oxygen atoms in total. The van der Waals surface area contributed by atoms with Crippen LogP contribution in [-0.2, 0) is 4.65 Å². The largest absolute Gasteiger partial charge is 0.496 e. The maximum Gasteiger partial charge on any atom is 0.454 e. The summed E-state index contributed by atoms with van der Waals surface area (Å²) in [6.45, 7) is 0.583. The van der Waals surface area contributed by atoms with Crippen molar-refractivity contribution in [2.45, 2.75) is 17.1 Å². The van der Waals surface area contributed by atoms with Gasteiger partial charge < -0.3 is 14.4 Å². The molecule has 114 valence electrons. The van der Waals surface area contributed by atoms with E-state index in [0.717, 1.165) is 21.8 Å². The van der Waals surface area contributed by atoms with Crippen molar-refractivity contribution in [1.82, 2.24) is 0 Å². The van der Waals surface area contributed by atoms with E-state index in [1.165, 1.54) is 5.56 Å². The minimum atomic E-state index is -0.630. The Bertz CT molecular complexity index is 662. The first-order valence-corrected chi connectivity index (χ1v) is 8.55. The fourth-order valence-corrected chi connectivity index (χ4v) is 3.37. The SMILES string of the molecule is COc1cc(-c2cccc([C@H]3COB(O)C3)c2)ccc1SC. The molecule has 0 unspecified atom stereocenters. The first-order valence-electron chi connectivity index (χ1n) is 7.33. The molecule has 0 amide bonds. The molecule has 1 aliphatic heterocycles. The summed E-state index contributed by atoms with van der Waals surface area (Å²) in [4.78, 5) is 1.13. The zero-order chi connectivity index (χ0) is 15.5. The van der Waals surface area contributed by atoms with Crippen molar-refractivity contribution in [2.24, 2.45) is 0 Å². The number of benzene rings is 2. The molecule has 0 bridgehead atoms. The Morgan fingerprint density at radius 3 is 2.73 bits per heavy atom. The quantitative estimate of drug-likeness (QED) is 0.690. The monoisotopic (exact) mass is 314 g/mol. The maximum atomic E-state index is 9.53. The second-order valence-corrected chi connectivity index (χ2v) is 6.26. The number of hydrogen-bond acceptors (Lipinski definition) is 4. The third-order valence-electron chi connectivity index (χ3n) is 4.05. The van der Waals surface area contributed by atoms with Gasteiger partial charge in [-0.15, -0.1) is 11.8 Å². The van der Waals surface area contributed by atoms with Crippen LogP contribution in [0.5, 0.6) is 5.75 Å². The molecule has 2 aromatic carbocycles. The van der Waals surface area contributed by atoms with Crippen LogP contribution < -0.4 is 4.74 Å². The van der Waals surface area contributed by atoms with E-state index in [1.807, 2.05) is 6.26 Å². The molecule has 1 aliphatic rings. The van der Waals surface area contributed by atoms with Crippen molar-refractivity contribution in [3.63, 3.8) is 0 Å². The molecule has 3 rings (SSSR count). The third kappa shape index (κ3) is 3.17. The van der Waals surface area contributed by atoms with Gasteiger partial charge in [0.2, 0.25) is 0 Å². The van der Waals surface area contributed by atoms with Gasteiger partial charge in [-0.2, -0.15) is 0 Å². The van der Waals surface area contributed by atoms with E-state index in [9.17, 15) is 5.02 Å². The van der Waals surface area contributed by atoms with Crippen LogP contribution in [0.2, 0.25) is 6.32 Å². The highest BCUT2D eigenvalue weighted by Gasteiger charge is 2.29. The van der Waals surface area contributed by atoms with Gasteiger partial charge in [-0.05, 0) is 41.4 Å². The second kappa shape index (κ2) is 6.77. The van der Waals surface area contributed by atoms with Crippen LogP contribution in [0.25, 0.3) is 11.1 Å². The summed E-state index contributed by atoms with van der Waals surface area (Å²) in [5, 5.41) is 9.53. The molecule has 1 saturated heterocycles. The summed E-state index contributed by atoms with van der Waals surface area (Å²) in [5.41, 5.74) is 3.50. The Hall–Kier alpha value is -1.43. The molecular formula is C17H19BO3S. The third-order valence-corrected chi connectivity index (χ3v) is 4.83. The average Bonchev–Trinajstić information content (AvgIpc) is 3.01. The van der Waals surface area contributed by atoms with Crippen LogP contribution in [-0.4, -0.2) is 32.1 Å². The predicted octanol–water partition coefficient (Wildman–Crippen LogP) is 3.68. The van der Waals surface area contributed by atoms with Crippen molar-refractivity contribution in [3.8, 4) is 16.9 Å². The molecule has 0 radical (unpaired) electrons. The van der Waals surface area contributed by atoms with E-state index in [2.05, 4.69) is 42.5 Å². The van der Waals surface area contributed by atoms with Crippen LogP contribution in [0, 0.1) is 0 Å². The maximum absolute atomic E-state index is 9.53. The molecule has 0 saturated carbocycles. The molecular weight excluding hydrogens is 295 g/mol. The smallest absolute Gasteiger partial charge is 0.454 e. The molecule has 1 N–H and O–H groups in total. The van der Waals surface area contributed by atoms with Crippen LogP contribution in [0.1, 0.15) is 11.5 Å². The lowest BCUT2D eigenvalue weighted by atomic mass is 9.79. The molecule has 22 heavy (non-hydrogen) atoms. The summed E-state index contributed by atoms with van der Waals surface area (Å²) in [7, 11) is 1.07. The van der Waals surface area contributed by atoms with Crippen molar-refractivity contribution >= 4 is 18.9 Å². The van der Waals surface area contributed by atoms with E-state index in [1.54, 1.807) is 18.9 Å². The van der Waals surface area contributed by atoms with Crippen LogP contribution in [0.4, 0.5) is 0 Å². The Morgan fingerprint density at radius 2 is 2.05 bits per heavy atom. The summed E-state index contributed by atoms with van der Waals surface area (Å²) in [6.07, 6.45) is 2.71. The molecule has 1 atom stereocenters. The topological polar surface area (TPSA) is 38.7 Å². The van der Waals surface area contributed by atoms with Gasteiger partial charge in [0.1, 0.15) is 5.75 Å². The summed E-state index contributed by atoms with van der Waals surface area (Å²) in [5.74, 6) is 1.16. The Kier molecular flexibility index (Phi) is 4.76. The minimum Gasteiger partial charge on any atom is -0.496 e. The van der Waals surface area contributed by atoms with Gasteiger partial charge in [0.15, 0.2) is 0 Å². The van der Waals surface area contributed by atoms with Crippen molar-refractivity contribution in [3.05, 3.63) is 48.0 Å². The highest BCUT2D eigenvalue weighted by Crippen LogP contribution is 2.34. The fraction of sp³-hybridized carbons (Fsp3) is 0.294. The van der Waals surface area contributed by atoms with Gasteiger partial charge in [-0.1, -0.05) is 30.3 Å². The number of ether oxygens (including phenoxy) is 1. The highest BCUT2D eigenvalue weighted by atomic mass is 32.2. The lowest BCUT2D eigenvalue weighted by Gasteiger charge is -2.12. The van der Waals surface area contributed by atoms with E-state index >= 15 is 0 Å².